The number of nitrogens with zero attached hydrogens (tertiary/aromatic N) is 1. The lowest BCUT2D eigenvalue weighted by atomic mass is 10.1. The third-order valence-electron chi connectivity index (χ3n) is 3.45. The molecule has 104 valence electrons. The Bertz CT molecular complexity index is 788. The lowest BCUT2D eigenvalue weighted by molar-refractivity contribution is 0.419. The fourth-order valence-corrected chi connectivity index (χ4v) is 2.25. The average Bonchev–Trinajstić information content (AvgIpc) is 2.53. The van der Waals surface area contributed by atoms with E-state index < -0.39 is 0 Å². The van der Waals surface area contributed by atoms with E-state index in [0.717, 1.165) is 22.3 Å². The highest BCUT2D eigenvalue weighted by Crippen LogP contribution is 2.24. The molecule has 1 aromatic heterocycles. The number of benzene rings is 2. The van der Waals surface area contributed by atoms with E-state index in [4.69, 9.17) is 4.74 Å². The van der Waals surface area contributed by atoms with E-state index in [9.17, 15) is 0 Å². The molecule has 3 rings (SSSR count). The molecule has 0 aliphatic carbocycles. The number of fused-ring (bicyclic) bond motifs is 1. The summed E-state index contributed by atoms with van der Waals surface area (Å²) >= 11 is 0. The van der Waals surface area contributed by atoms with Crippen LogP contribution in [0.2, 0.25) is 0 Å². The first-order chi connectivity index (χ1) is 10.3. The van der Waals surface area contributed by atoms with Crippen molar-refractivity contribution < 1.29 is 4.74 Å². The van der Waals surface area contributed by atoms with Crippen LogP contribution >= 0.6 is 0 Å². The summed E-state index contributed by atoms with van der Waals surface area (Å²) in [5, 5.41) is 1.09. The highest BCUT2D eigenvalue weighted by Gasteiger charge is 2.02. The number of aromatic nitrogens is 1. The second kappa shape index (κ2) is 5.80. The van der Waals surface area contributed by atoms with E-state index in [1.807, 2.05) is 30.3 Å². The molecule has 0 bridgehead atoms. The zero-order chi connectivity index (χ0) is 14.7. The van der Waals surface area contributed by atoms with Gasteiger partial charge in [0.2, 0.25) is 0 Å². The van der Waals surface area contributed by atoms with Crippen molar-refractivity contribution in [2.24, 2.45) is 0 Å². The number of aryl methyl sites for hydroxylation is 1. The molecule has 2 aromatic carbocycles. The first-order valence-electron chi connectivity index (χ1n) is 6.95. The summed E-state index contributed by atoms with van der Waals surface area (Å²) in [5.41, 5.74) is 4.25. The first-order valence-corrected chi connectivity index (χ1v) is 6.95. The maximum absolute atomic E-state index is 5.37. The van der Waals surface area contributed by atoms with Crippen molar-refractivity contribution in [3.8, 4) is 5.75 Å². The van der Waals surface area contributed by atoms with Gasteiger partial charge in [-0.05, 0) is 30.7 Å². The van der Waals surface area contributed by atoms with Gasteiger partial charge < -0.3 is 4.74 Å². The molecule has 0 aliphatic rings. The largest absolute Gasteiger partial charge is 0.494 e. The summed E-state index contributed by atoms with van der Waals surface area (Å²) in [7, 11) is 1.67. The van der Waals surface area contributed by atoms with Crippen LogP contribution < -0.4 is 4.74 Å². The Hall–Kier alpha value is -2.61. The van der Waals surface area contributed by atoms with Crippen LogP contribution in [0.4, 0.5) is 0 Å². The van der Waals surface area contributed by atoms with Gasteiger partial charge in [-0.3, -0.25) is 0 Å². The Kier molecular flexibility index (Phi) is 3.69. The van der Waals surface area contributed by atoms with E-state index >= 15 is 0 Å². The topological polar surface area (TPSA) is 22.1 Å². The molecule has 0 saturated heterocycles. The van der Waals surface area contributed by atoms with E-state index in [-0.39, 0.29) is 0 Å². The molecule has 2 heteroatoms. The second-order valence-corrected chi connectivity index (χ2v) is 5.01. The van der Waals surface area contributed by atoms with Crippen molar-refractivity contribution in [3.05, 3.63) is 71.4 Å². The van der Waals surface area contributed by atoms with Gasteiger partial charge >= 0.3 is 0 Å². The molecule has 0 amide bonds. The molecule has 0 N–H and O–H groups in total. The number of rotatable bonds is 3. The van der Waals surface area contributed by atoms with Crippen molar-refractivity contribution in [3.63, 3.8) is 0 Å². The summed E-state index contributed by atoms with van der Waals surface area (Å²) in [6.45, 7) is 2.09. The van der Waals surface area contributed by atoms with Gasteiger partial charge in [0.15, 0.2) is 0 Å². The maximum Gasteiger partial charge on any atom is 0.145 e. The molecule has 0 spiro atoms. The van der Waals surface area contributed by atoms with E-state index in [1.165, 1.54) is 11.1 Å². The smallest absolute Gasteiger partial charge is 0.145 e. The number of ether oxygens (including phenoxy) is 1. The maximum atomic E-state index is 5.37. The predicted octanol–water partition coefficient (Wildman–Crippen LogP) is 4.72. The fourth-order valence-electron chi connectivity index (χ4n) is 2.25. The van der Waals surface area contributed by atoms with Crippen LogP contribution in [0.5, 0.6) is 5.75 Å². The minimum atomic E-state index is 0.804. The van der Waals surface area contributed by atoms with Gasteiger partial charge in [0, 0.05) is 5.39 Å². The number of methoxy groups -OCH3 is 1. The van der Waals surface area contributed by atoms with Crippen LogP contribution in [0.3, 0.4) is 0 Å². The third-order valence-corrected chi connectivity index (χ3v) is 3.45. The molecule has 21 heavy (non-hydrogen) atoms. The van der Waals surface area contributed by atoms with E-state index in [2.05, 4.69) is 48.3 Å². The third kappa shape index (κ3) is 2.95. The van der Waals surface area contributed by atoms with Gasteiger partial charge in [-0.2, -0.15) is 0 Å². The molecular weight excluding hydrogens is 258 g/mol. The summed E-state index contributed by atoms with van der Waals surface area (Å²) in [5.74, 6) is 0.804. The second-order valence-electron chi connectivity index (χ2n) is 5.01. The van der Waals surface area contributed by atoms with Gasteiger partial charge in [-0.1, -0.05) is 54.1 Å². The Morgan fingerprint density at radius 3 is 2.48 bits per heavy atom. The normalized spacial score (nSPS) is 11.1. The van der Waals surface area contributed by atoms with Crippen LogP contribution in [-0.2, 0) is 0 Å². The minimum absolute atomic E-state index is 0.804. The molecule has 0 saturated carbocycles. The van der Waals surface area contributed by atoms with Gasteiger partial charge in [0.05, 0.1) is 12.8 Å². The van der Waals surface area contributed by atoms with Gasteiger partial charge in [0.1, 0.15) is 11.3 Å². The Morgan fingerprint density at radius 2 is 1.71 bits per heavy atom. The Labute approximate surface area is 124 Å². The van der Waals surface area contributed by atoms with Crippen molar-refractivity contribution in [2.75, 3.05) is 7.11 Å². The van der Waals surface area contributed by atoms with Gasteiger partial charge in [-0.15, -0.1) is 0 Å². The van der Waals surface area contributed by atoms with Crippen LogP contribution in [0, 0.1) is 6.92 Å². The zero-order valence-electron chi connectivity index (χ0n) is 12.2. The number of para-hydroxylation sites is 1. The molecule has 3 aromatic rings. The molecule has 2 nitrogen and oxygen atoms in total. The standard InChI is InChI=1S/C19H17NO/c1-14-6-8-15(9-7-14)10-12-17-13-11-16-4-3-5-18(21-2)19(16)20-17/h3-13H,1-2H3/b12-10+. The van der Waals surface area contributed by atoms with Crippen LogP contribution in [0.15, 0.2) is 54.6 Å². The highest BCUT2D eigenvalue weighted by atomic mass is 16.5. The van der Waals surface area contributed by atoms with Crippen molar-refractivity contribution in [1.82, 2.24) is 4.98 Å². The summed E-state index contributed by atoms with van der Waals surface area (Å²) in [6, 6.07) is 18.5. The van der Waals surface area contributed by atoms with Crippen molar-refractivity contribution >= 4 is 23.1 Å². The number of hydrogen-bond donors (Lipinski definition) is 0. The molecule has 0 atom stereocenters. The number of pyridine rings is 1. The summed E-state index contributed by atoms with van der Waals surface area (Å²) in [4.78, 5) is 4.67. The monoisotopic (exact) mass is 275 g/mol. The van der Waals surface area contributed by atoms with E-state index in [1.54, 1.807) is 7.11 Å². The lowest BCUT2D eigenvalue weighted by Crippen LogP contribution is -1.89. The first kappa shape index (κ1) is 13.4. The Morgan fingerprint density at radius 1 is 0.905 bits per heavy atom. The quantitative estimate of drug-likeness (QED) is 0.690. The lowest BCUT2D eigenvalue weighted by Gasteiger charge is -2.05. The van der Waals surface area contributed by atoms with Crippen LogP contribution in [0.25, 0.3) is 23.1 Å². The highest BCUT2D eigenvalue weighted by molar-refractivity contribution is 5.86. The van der Waals surface area contributed by atoms with E-state index in [0.29, 0.717) is 0 Å². The van der Waals surface area contributed by atoms with Crippen LogP contribution in [-0.4, -0.2) is 12.1 Å². The molecule has 1 heterocycles. The Balaban J connectivity index is 1.95. The van der Waals surface area contributed by atoms with Crippen LogP contribution in [0.1, 0.15) is 16.8 Å². The zero-order valence-corrected chi connectivity index (χ0v) is 12.2. The SMILES string of the molecule is COc1cccc2ccc(/C=C/c3ccc(C)cc3)nc12. The van der Waals surface area contributed by atoms with Crippen molar-refractivity contribution in [2.45, 2.75) is 6.92 Å². The molecule has 0 fully saturated rings. The molecule has 0 radical (unpaired) electrons. The summed E-state index contributed by atoms with van der Waals surface area (Å²) < 4.78 is 5.37. The van der Waals surface area contributed by atoms with Crippen molar-refractivity contribution in [1.29, 1.82) is 0 Å². The van der Waals surface area contributed by atoms with Gasteiger partial charge in [-0.25, -0.2) is 4.98 Å². The average molecular weight is 275 g/mol. The summed E-state index contributed by atoms with van der Waals surface area (Å²) in [6.07, 6.45) is 4.10. The molecular formula is C19H17NO. The molecule has 0 aliphatic heterocycles. The predicted molar refractivity (Wildman–Crippen MR) is 88.4 cm³/mol. The van der Waals surface area contributed by atoms with Gasteiger partial charge in [0.25, 0.3) is 0 Å². The molecule has 0 unspecified atom stereocenters. The fraction of sp³-hybridized carbons (Fsp3) is 0.105. The minimum Gasteiger partial charge on any atom is -0.494 e. The number of hydrogen-bond acceptors (Lipinski definition) is 2.